The molecule has 0 radical (unpaired) electrons. The summed E-state index contributed by atoms with van der Waals surface area (Å²) in [5, 5.41) is 19.5. The molecule has 0 unspecified atom stereocenters. The van der Waals surface area contributed by atoms with Gasteiger partial charge in [-0.05, 0) is 37.4 Å². The van der Waals surface area contributed by atoms with E-state index in [1.54, 1.807) is 6.07 Å². The summed E-state index contributed by atoms with van der Waals surface area (Å²) in [5.41, 5.74) is 2.19. The molecule has 4 heteroatoms. The van der Waals surface area contributed by atoms with Crippen LogP contribution >= 0.6 is 17.0 Å². The van der Waals surface area contributed by atoms with Crippen LogP contribution in [0.2, 0.25) is 0 Å². The second-order valence-electron chi connectivity index (χ2n) is 5.29. The first kappa shape index (κ1) is 14.4. The van der Waals surface area contributed by atoms with Crippen molar-refractivity contribution in [3.05, 3.63) is 35.9 Å². The molecular formula is C15H20BrNO2. The van der Waals surface area contributed by atoms with E-state index in [-0.39, 0.29) is 28.5 Å². The summed E-state index contributed by atoms with van der Waals surface area (Å²) in [7, 11) is 0. The number of hydrogen-bond acceptors (Lipinski definition) is 3. The molecule has 1 fully saturated rings. The normalized spacial score (nSPS) is 25.3. The van der Waals surface area contributed by atoms with E-state index in [0.717, 1.165) is 37.9 Å². The van der Waals surface area contributed by atoms with Crippen LogP contribution in [0.3, 0.4) is 0 Å². The molecule has 1 aromatic rings. The van der Waals surface area contributed by atoms with Gasteiger partial charge in [-0.3, -0.25) is 4.90 Å². The molecule has 1 heterocycles. The lowest BCUT2D eigenvalue weighted by Gasteiger charge is -2.33. The number of halogens is 1. The zero-order valence-corrected chi connectivity index (χ0v) is 12.6. The Balaban J connectivity index is 0.00000133. The average Bonchev–Trinajstić information content (AvgIpc) is 2.78. The molecule has 104 valence electrons. The Morgan fingerprint density at radius 2 is 2.11 bits per heavy atom. The van der Waals surface area contributed by atoms with E-state index in [9.17, 15) is 10.2 Å². The third kappa shape index (κ3) is 2.28. The van der Waals surface area contributed by atoms with Gasteiger partial charge in [0.15, 0.2) is 11.5 Å². The fourth-order valence-electron chi connectivity index (χ4n) is 3.60. The largest absolute Gasteiger partial charge is 0.504 e. The fraction of sp³-hybridized carbons (Fsp3) is 0.467. The minimum Gasteiger partial charge on any atom is -0.504 e. The molecule has 1 saturated heterocycles. The maximum Gasteiger partial charge on any atom is 0.160 e. The Bertz CT molecular complexity index is 489. The molecule has 1 aliphatic heterocycles. The van der Waals surface area contributed by atoms with Crippen LogP contribution in [0, 0.1) is 0 Å². The second kappa shape index (κ2) is 5.55. The summed E-state index contributed by atoms with van der Waals surface area (Å²) < 4.78 is 0. The lowest BCUT2D eigenvalue weighted by molar-refractivity contribution is 0.248. The Hall–Kier alpha value is -1.00. The van der Waals surface area contributed by atoms with E-state index in [1.807, 2.05) is 12.1 Å². The van der Waals surface area contributed by atoms with Crippen molar-refractivity contribution < 1.29 is 10.2 Å². The van der Waals surface area contributed by atoms with Crippen LogP contribution in [-0.4, -0.2) is 34.2 Å². The summed E-state index contributed by atoms with van der Waals surface area (Å²) in [5.74, 6) is 0.599. The van der Waals surface area contributed by atoms with Gasteiger partial charge in [-0.15, -0.1) is 23.6 Å². The Labute approximate surface area is 124 Å². The number of rotatable bonds is 2. The lowest BCUT2D eigenvalue weighted by atomic mass is 9.79. The number of phenols is 2. The highest BCUT2D eigenvalue weighted by atomic mass is 79.9. The topological polar surface area (TPSA) is 43.7 Å². The highest BCUT2D eigenvalue weighted by Gasteiger charge is 2.39. The van der Waals surface area contributed by atoms with Crippen LogP contribution in [0.5, 0.6) is 11.5 Å². The van der Waals surface area contributed by atoms with Crippen LogP contribution in [0.15, 0.2) is 24.8 Å². The van der Waals surface area contributed by atoms with Crippen LogP contribution < -0.4 is 0 Å². The number of likely N-dealkylation sites (tertiary alicyclic amines) is 1. The molecule has 19 heavy (non-hydrogen) atoms. The molecule has 0 saturated carbocycles. The quantitative estimate of drug-likeness (QED) is 0.649. The molecule has 3 nitrogen and oxygen atoms in total. The SMILES string of the molecule is Br.C=CCN1CC[C@@H]2c3ccc(O)c(O)c3CC[C@@H]21. The first-order valence-electron chi connectivity index (χ1n) is 6.61. The predicted molar refractivity (Wildman–Crippen MR) is 81.3 cm³/mol. The molecule has 0 bridgehead atoms. The van der Waals surface area contributed by atoms with Crippen molar-refractivity contribution >= 4 is 17.0 Å². The van der Waals surface area contributed by atoms with E-state index in [0.29, 0.717) is 12.0 Å². The first-order chi connectivity index (χ1) is 8.72. The van der Waals surface area contributed by atoms with Crippen molar-refractivity contribution in [3.63, 3.8) is 0 Å². The molecule has 0 spiro atoms. The third-order valence-corrected chi connectivity index (χ3v) is 4.41. The van der Waals surface area contributed by atoms with Crippen molar-refractivity contribution in [2.45, 2.75) is 31.2 Å². The van der Waals surface area contributed by atoms with Gasteiger partial charge in [0.05, 0.1) is 0 Å². The molecule has 1 aliphatic carbocycles. The Kier molecular flexibility index (Phi) is 4.21. The van der Waals surface area contributed by atoms with E-state index in [2.05, 4.69) is 11.5 Å². The van der Waals surface area contributed by atoms with Crippen molar-refractivity contribution in [2.24, 2.45) is 0 Å². The summed E-state index contributed by atoms with van der Waals surface area (Å²) in [6, 6.07) is 4.17. The van der Waals surface area contributed by atoms with E-state index in [1.165, 1.54) is 5.56 Å². The zero-order chi connectivity index (χ0) is 12.7. The van der Waals surface area contributed by atoms with Gasteiger partial charge in [-0.1, -0.05) is 12.1 Å². The molecule has 0 aromatic heterocycles. The second-order valence-corrected chi connectivity index (χ2v) is 5.29. The van der Waals surface area contributed by atoms with Crippen molar-refractivity contribution in [2.75, 3.05) is 13.1 Å². The van der Waals surface area contributed by atoms with Gasteiger partial charge in [-0.2, -0.15) is 0 Å². The lowest BCUT2D eigenvalue weighted by Crippen LogP contribution is -2.35. The molecule has 2 N–H and O–H groups in total. The van der Waals surface area contributed by atoms with Gasteiger partial charge < -0.3 is 10.2 Å². The zero-order valence-electron chi connectivity index (χ0n) is 10.9. The van der Waals surface area contributed by atoms with Crippen LogP contribution in [0.1, 0.15) is 29.9 Å². The molecular weight excluding hydrogens is 306 g/mol. The molecule has 0 amide bonds. The standard InChI is InChI=1S/C15H19NO2.BrH/c1-2-8-16-9-7-11-10-4-6-14(17)15(18)12(10)3-5-13(11)16;/h2,4,6,11,13,17-18H,1,3,5,7-9H2;1H/t11-,13+;/m1./s1. The van der Waals surface area contributed by atoms with Gasteiger partial charge in [0, 0.05) is 24.1 Å². The number of hydrogen-bond donors (Lipinski definition) is 2. The highest BCUT2D eigenvalue weighted by molar-refractivity contribution is 8.93. The number of phenolic OH excluding ortho intramolecular Hbond substituents is 2. The molecule has 3 rings (SSSR count). The summed E-state index contributed by atoms with van der Waals surface area (Å²) >= 11 is 0. The number of aromatic hydroxyl groups is 2. The molecule has 2 aliphatic rings. The van der Waals surface area contributed by atoms with Crippen LogP contribution in [0.25, 0.3) is 0 Å². The maximum atomic E-state index is 9.95. The van der Waals surface area contributed by atoms with Crippen molar-refractivity contribution in [1.29, 1.82) is 0 Å². The van der Waals surface area contributed by atoms with Crippen molar-refractivity contribution in [1.82, 2.24) is 4.90 Å². The van der Waals surface area contributed by atoms with Crippen molar-refractivity contribution in [3.8, 4) is 11.5 Å². The highest BCUT2D eigenvalue weighted by Crippen LogP contribution is 2.46. The summed E-state index contributed by atoms with van der Waals surface area (Å²) in [6.07, 6.45) is 5.01. The minimum atomic E-state index is 0. The third-order valence-electron chi connectivity index (χ3n) is 4.41. The summed E-state index contributed by atoms with van der Waals surface area (Å²) in [6.45, 7) is 5.86. The van der Waals surface area contributed by atoms with E-state index >= 15 is 0 Å². The number of fused-ring (bicyclic) bond motifs is 3. The van der Waals surface area contributed by atoms with Crippen LogP contribution in [0.4, 0.5) is 0 Å². The van der Waals surface area contributed by atoms with E-state index < -0.39 is 0 Å². The van der Waals surface area contributed by atoms with Gasteiger partial charge in [0.2, 0.25) is 0 Å². The predicted octanol–water partition coefficient (Wildman–Crippen LogP) is 2.97. The van der Waals surface area contributed by atoms with Gasteiger partial charge in [0.1, 0.15) is 0 Å². The van der Waals surface area contributed by atoms with E-state index in [4.69, 9.17) is 0 Å². The first-order valence-corrected chi connectivity index (χ1v) is 6.61. The Morgan fingerprint density at radius 1 is 1.32 bits per heavy atom. The van der Waals surface area contributed by atoms with Gasteiger partial charge >= 0.3 is 0 Å². The summed E-state index contributed by atoms with van der Waals surface area (Å²) in [4.78, 5) is 2.48. The smallest absolute Gasteiger partial charge is 0.160 e. The number of nitrogens with zero attached hydrogens (tertiary/aromatic N) is 1. The Morgan fingerprint density at radius 3 is 2.84 bits per heavy atom. The minimum absolute atomic E-state index is 0. The van der Waals surface area contributed by atoms with Gasteiger partial charge in [0.25, 0.3) is 0 Å². The molecule has 1 aromatic carbocycles. The fourth-order valence-corrected chi connectivity index (χ4v) is 3.60. The van der Waals surface area contributed by atoms with Crippen LogP contribution in [-0.2, 0) is 6.42 Å². The maximum absolute atomic E-state index is 9.95. The monoisotopic (exact) mass is 325 g/mol. The average molecular weight is 326 g/mol. The van der Waals surface area contributed by atoms with Gasteiger partial charge in [-0.25, -0.2) is 0 Å². The number of benzene rings is 1. The molecule has 2 atom stereocenters.